The van der Waals surface area contributed by atoms with E-state index in [4.69, 9.17) is 5.11 Å². The quantitative estimate of drug-likeness (QED) is 0.873. The van der Waals surface area contributed by atoms with Crippen LogP contribution < -0.4 is 5.32 Å². The summed E-state index contributed by atoms with van der Waals surface area (Å²) in [5, 5.41) is 13.1. The molecule has 104 valence electrons. The SMILES string of the molecule is CN(C)C(=O)N(C)C(=O)NC(C(=O)O)c1cccs1. The fourth-order valence-electron chi connectivity index (χ4n) is 1.32. The van der Waals surface area contributed by atoms with Crippen LogP contribution in [0.15, 0.2) is 17.5 Å². The van der Waals surface area contributed by atoms with E-state index < -0.39 is 24.1 Å². The molecule has 1 aromatic heterocycles. The molecule has 0 fully saturated rings. The molecule has 0 saturated heterocycles. The number of rotatable bonds is 3. The van der Waals surface area contributed by atoms with E-state index in [9.17, 15) is 14.4 Å². The van der Waals surface area contributed by atoms with E-state index in [0.29, 0.717) is 4.88 Å². The van der Waals surface area contributed by atoms with Crippen LogP contribution in [0.3, 0.4) is 0 Å². The molecule has 0 saturated carbocycles. The lowest BCUT2D eigenvalue weighted by Gasteiger charge is -2.22. The van der Waals surface area contributed by atoms with Crippen LogP contribution in [0.2, 0.25) is 0 Å². The Balaban J connectivity index is 2.78. The smallest absolute Gasteiger partial charge is 0.331 e. The van der Waals surface area contributed by atoms with E-state index in [1.165, 1.54) is 37.4 Å². The normalized spacial score (nSPS) is 11.5. The van der Waals surface area contributed by atoms with Gasteiger partial charge in [-0.05, 0) is 11.4 Å². The number of carboxylic acid groups (broad SMARTS) is 1. The van der Waals surface area contributed by atoms with Gasteiger partial charge in [-0.1, -0.05) is 6.07 Å². The first kappa shape index (κ1) is 15.0. The molecule has 0 spiro atoms. The number of carbonyl (C=O) groups excluding carboxylic acids is 2. The highest BCUT2D eigenvalue weighted by molar-refractivity contribution is 7.10. The van der Waals surface area contributed by atoms with Crippen molar-refractivity contribution in [2.24, 2.45) is 0 Å². The molecule has 1 aromatic rings. The van der Waals surface area contributed by atoms with Crippen LogP contribution in [0.4, 0.5) is 9.59 Å². The molecule has 0 aliphatic heterocycles. The van der Waals surface area contributed by atoms with Crippen LogP contribution in [0.25, 0.3) is 0 Å². The van der Waals surface area contributed by atoms with Gasteiger partial charge in [-0.3, -0.25) is 0 Å². The van der Waals surface area contributed by atoms with Gasteiger partial charge in [-0.25, -0.2) is 19.3 Å². The lowest BCUT2D eigenvalue weighted by Crippen LogP contribution is -2.47. The zero-order valence-electron chi connectivity index (χ0n) is 10.8. The molecule has 0 bridgehead atoms. The molecule has 2 N–H and O–H groups in total. The number of hydrogen-bond donors (Lipinski definition) is 2. The Labute approximate surface area is 114 Å². The van der Waals surface area contributed by atoms with Gasteiger partial charge < -0.3 is 15.3 Å². The largest absolute Gasteiger partial charge is 0.479 e. The topological polar surface area (TPSA) is 90.0 Å². The number of imide groups is 1. The number of amides is 4. The predicted molar refractivity (Wildman–Crippen MR) is 70.1 cm³/mol. The Morgan fingerprint density at radius 3 is 2.37 bits per heavy atom. The Hall–Kier alpha value is -2.09. The molecule has 1 unspecified atom stereocenters. The number of urea groups is 2. The summed E-state index contributed by atoms with van der Waals surface area (Å²) in [4.78, 5) is 37.1. The zero-order chi connectivity index (χ0) is 14.6. The van der Waals surface area contributed by atoms with Crippen LogP contribution in [0.5, 0.6) is 0 Å². The minimum absolute atomic E-state index is 0.492. The number of hydrogen-bond acceptors (Lipinski definition) is 4. The molecule has 8 heteroatoms. The second-order valence-corrected chi connectivity index (χ2v) is 4.95. The Bertz CT molecular complexity index is 472. The first-order valence-corrected chi connectivity index (χ1v) is 6.24. The van der Waals surface area contributed by atoms with Crippen molar-refractivity contribution in [3.05, 3.63) is 22.4 Å². The number of carbonyl (C=O) groups is 3. The second kappa shape index (κ2) is 6.19. The van der Waals surface area contributed by atoms with E-state index in [0.717, 1.165) is 4.90 Å². The van der Waals surface area contributed by atoms with Gasteiger partial charge in [0.2, 0.25) is 0 Å². The molecule has 0 aromatic carbocycles. The summed E-state index contributed by atoms with van der Waals surface area (Å²) in [5.41, 5.74) is 0. The molecule has 7 nitrogen and oxygen atoms in total. The summed E-state index contributed by atoms with van der Waals surface area (Å²) < 4.78 is 0. The van der Waals surface area contributed by atoms with Crippen LogP contribution in [0, 0.1) is 0 Å². The fraction of sp³-hybridized carbons (Fsp3) is 0.364. The second-order valence-electron chi connectivity index (χ2n) is 3.97. The maximum atomic E-state index is 11.8. The van der Waals surface area contributed by atoms with E-state index in [1.54, 1.807) is 17.5 Å². The summed E-state index contributed by atoms with van der Waals surface area (Å²) in [5.74, 6) is -1.18. The standard InChI is InChI=1S/C11H15N3O4S/c1-13(2)11(18)14(3)10(17)12-8(9(15)16)7-5-4-6-19-7/h4-6,8H,1-3H3,(H,12,17)(H,15,16). The van der Waals surface area contributed by atoms with E-state index in [2.05, 4.69) is 5.32 Å². The number of thiophene rings is 1. The van der Waals surface area contributed by atoms with E-state index in [1.807, 2.05) is 0 Å². The minimum Gasteiger partial charge on any atom is -0.479 e. The third kappa shape index (κ3) is 3.68. The summed E-state index contributed by atoms with van der Waals surface area (Å²) in [6, 6.07) is 0.839. The summed E-state index contributed by atoms with van der Waals surface area (Å²) in [6.45, 7) is 0. The van der Waals surface area contributed by atoms with Gasteiger partial charge in [-0.15, -0.1) is 11.3 Å². The Kier molecular flexibility index (Phi) is 4.87. The molecular weight excluding hydrogens is 270 g/mol. The fourth-order valence-corrected chi connectivity index (χ4v) is 2.08. The molecule has 1 atom stereocenters. The lowest BCUT2D eigenvalue weighted by atomic mass is 10.2. The third-order valence-electron chi connectivity index (χ3n) is 2.32. The van der Waals surface area contributed by atoms with Crippen LogP contribution in [-0.4, -0.2) is 54.1 Å². The Morgan fingerprint density at radius 2 is 1.95 bits per heavy atom. The summed E-state index contributed by atoms with van der Waals surface area (Å²) in [6.07, 6.45) is 0. The maximum absolute atomic E-state index is 11.8. The molecular formula is C11H15N3O4S. The van der Waals surface area contributed by atoms with Gasteiger partial charge >= 0.3 is 18.0 Å². The highest BCUT2D eigenvalue weighted by Gasteiger charge is 2.27. The maximum Gasteiger partial charge on any atom is 0.331 e. The molecule has 1 heterocycles. The van der Waals surface area contributed by atoms with Crippen LogP contribution in [0.1, 0.15) is 10.9 Å². The highest BCUT2D eigenvalue weighted by Crippen LogP contribution is 2.19. The van der Waals surface area contributed by atoms with Gasteiger partial charge in [0.05, 0.1) is 0 Å². The van der Waals surface area contributed by atoms with Crippen molar-refractivity contribution in [2.45, 2.75) is 6.04 Å². The van der Waals surface area contributed by atoms with Crippen molar-refractivity contribution in [1.82, 2.24) is 15.1 Å². The third-order valence-corrected chi connectivity index (χ3v) is 3.25. The van der Waals surface area contributed by atoms with Gasteiger partial charge in [0.15, 0.2) is 6.04 Å². The number of aliphatic carboxylic acids is 1. The first-order chi connectivity index (χ1) is 8.84. The van der Waals surface area contributed by atoms with Gasteiger partial charge in [0.25, 0.3) is 0 Å². The zero-order valence-corrected chi connectivity index (χ0v) is 11.6. The molecule has 0 aliphatic rings. The van der Waals surface area contributed by atoms with Crippen molar-refractivity contribution in [3.8, 4) is 0 Å². The van der Waals surface area contributed by atoms with Gasteiger partial charge in [0.1, 0.15) is 0 Å². The molecule has 4 amide bonds. The molecule has 19 heavy (non-hydrogen) atoms. The number of nitrogens with one attached hydrogen (secondary N) is 1. The summed E-state index contributed by atoms with van der Waals surface area (Å²) in [7, 11) is 4.28. The van der Waals surface area contributed by atoms with E-state index in [-0.39, 0.29) is 0 Å². The molecule has 1 rings (SSSR count). The van der Waals surface area contributed by atoms with Crippen molar-refractivity contribution in [3.63, 3.8) is 0 Å². The average molecular weight is 285 g/mol. The monoisotopic (exact) mass is 285 g/mol. The lowest BCUT2D eigenvalue weighted by molar-refractivity contribution is -0.139. The summed E-state index contributed by atoms with van der Waals surface area (Å²) >= 11 is 1.22. The molecule has 0 aliphatic carbocycles. The number of nitrogens with zero attached hydrogens (tertiary/aromatic N) is 2. The van der Waals surface area contributed by atoms with Crippen molar-refractivity contribution < 1.29 is 19.5 Å². The van der Waals surface area contributed by atoms with Crippen LogP contribution in [-0.2, 0) is 4.79 Å². The average Bonchev–Trinajstić information content (AvgIpc) is 2.86. The minimum atomic E-state index is -1.18. The number of carboxylic acids is 1. The highest BCUT2D eigenvalue weighted by atomic mass is 32.1. The predicted octanol–water partition coefficient (Wildman–Crippen LogP) is 1.20. The van der Waals surface area contributed by atoms with Gasteiger partial charge in [0, 0.05) is 26.0 Å². The van der Waals surface area contributed by atoms with Gasteiger partial charge in [-0.2, -0.15) is 0 Å². The molecule has 0 radical (unpaired) electrons. The van der Waals surface area contributed by atoms with Crippen LogP contribution >= 0.6 is 11.3 Å². The van der Waals surface area contributed by atoms with Crippen molar-refractivity contribution in [1.29, 1.82) is 0 Å². The van der Waals surface area contributed by atoms with E-state index >= 15 is 0 Å². The first-order valence-electron chi connectivity index (χ1n) is 5.36. The van der Waals surface area contributed by atoms with Crippen molar-refractivity contribution >= 4 is 29.4 Å². The Morgan fingerprint density at radius 1 is 1.32 bits per heavy atom. The van der Waals surface area contributed by atoms with Crippen molar-refractivity contribution in [2.75, 3.05) is 21.1 Å².